The molecular formula is C25H26N2O4. The number of phenolic OH excluding ortho intramolecular Hbond substituents is 1. The van der Waals surface area contributed by atoms with Crippen LogP contribution in [-0.2, 0) is 17.8 Å². The highest BCUT2D eigenvalue weighted by atomic mass is 16.5. The van der Waals surface area contributed by atoms with E-state index in [-0.39, 0.29) is 18.2 Å². The molecule has 0 unspecified atom stereocenters. The number of phenols is 1. The fourth-order valence-electron chi connectivity index (χ4n) is 3.92. The first kappa shape index (κ1) is 20.8. The largest absolute Gasteiger partial charge is 0.508 e. The lowest BCUT2D eigenvalue weighted by atomic mass is 9.99. The topological polar surface area (TPSA) is 62.2 Å². The summed E-state index contributed by atoms with van der Waals surface area (Å²) < 4.78 is 10.5. The number of rotatable bonds is 6. The summed E-state index contributed by atoms with van der Waals surface area (Å²) in [6.45, 7) is 1.56. The van der Waals surface area contributed by atoms with Crippen LogP contribution in [0.5, 0.6) is 17.2 Å². The van der Waals surface area contributed by atoms with E-state index in [1.165, 1.54) is 0 Å². The van der Waals surface area contributed by atoms with E-state index >= 15 is 0 Å². The van der Waals surface area contributed by atoms with Gasteiger partial charge in [-0.1, -0.05) is 12.1 Å². The molecule has 6 nitrogen and oxygen atoms in total. The molecule has 0 spiro atoms. The summed E-state index contributed by atoms with van der Waals surface area (Å²) in [6.07, 6.45) is 0.808. The van der Waals surface area contributed by atoms with Crippen LogP contribution < -0.4 is 14.4 Å². The van der Waals surface area contributed by atoms with Crippen LogP contribution in [0.3, 0.4) is 0 Å². The molecule has 0 saturated carbocycles. The Labute approximate surface area is 182 Å². The number of nitrogens with zero attached hydrogens (tertiary/aromatic N) is 2. The van der Waals surface area contributed by atoms with Crippen LogP contribution in [-0.4, -0.2) is 43.2 Å². The number of methoxy groups -OCH3 is 2. The van der Waals surface area contributed by atoms with E-state index in [2.05, 4.69) is 4.90 Å². The average molecular weight is 418 g/mol. The zero-order valence-electron chi connectivity index (χ0n) is 17.7. The smallest absolute Gasteiger partial charge is 0.245 e. The maximum absolute atomic E-state index is 13.5. The van der Waals surface area contributed by atoms with E-state index in [0.717, 1.165) is 47.0 Å². The fourth-order valence-corrected chi connectivity index (χ4v) is 3.92. The fraction of sp³-hybridized carbons (Fsp3) is 0.240. The predicted octanol–water partition coefficient (Wildman–Crippen LogP) is 4.13. The molecule has 0 aliphatic carbocycles. The van der Waals surface area contributed by atoms with Gasteiger partial charge in [0.2, 0.25) is 5.91 Å². The van der Waals surface area contributed by atoms with E-state index in [9.17, 15) is 9.90 Å². The van der Waals surface area contributed by atoms with Gasteiger partial charge in [0.15, 0.2) is 0 Å². The van der Waals surface area contributed by atoms with Crippen LogP contribution in [0.25, 0.3) is 0 Å². The summed E-state index contributed by atoms with van der Waals surface area (Å²) in [7, 11) is 3.23. The van der Waals surface area contributed by atoms with Gasteiger partial charge in [0.05, 0.1) is 20.8 Å². The summed E-state index contributed by atoms with van der Waals surface area (Å²) in [5.74, 6) is 1.70. The first-order valence-corrected chi connectivity index (χ1v) is 10.2. The summed E-state index contributed by atoms with van der Waals surface area (Å²) in [4.78, 5) is 17.3. The summed E-state index contributed by atoms with van der Waals surface area (Å²) in [6, 6.07) is 20.5. The minimum atomic E-state index is -0.0470. The Kier molecular flexibility index (Phi) is 6.09. The lowest BCUT2D eigenvalue weighted by Gasteiger charge is -2.31. The number of amides is 1. The monoisotopic (exact) mass is 418 g/mol. The highest BCUT2D eigenvalue weighted by Crippen LogP contribution is 2.31. The second-order valence-corrected chi connectivity index (χ2v) is 7.50. The van der Waals surface area contributed by atoms with Gasteiger partial charge in [0.1, 0.15) is 17.2 Å². The quantitative estimate of drug-likeness (QED) is 0.652. The van der Waals surface area contributed by atoms with Gasteiger partial charge in [-0.15, -0.1) is 0 Å². The number of hydrogen-bond donors (Lipinski definition) is 1. The molecule has 0 atom stereocenters. The third-order valence-corrected chi connectivity index (χ3v) is 5.60. The van der Waals surface area contributed by atoms with Crippen molar-refractivity contribution in [1.82, 2.24) is 4.90 Å². The highest BCUT2D eigenvalue weighted by Gasteiger charge is 2.25. The summed E-state index contributed by atoms with van der Waals surface area (Å²) >= 11 is 0. The molecule has 0 fully saturated rings. The van der Waals surface area contributed by atoms with Crippen LogP contribution in [0, 0.1) is 0 Å². The second-order valence-electron chi connectivity index (χ2n) is 7.50. The first-order chi connectivity index (χ1) is 15.1. The van der Waals surface area contributed by atoms with Crippen molar-refractivity contribution in [1.29, 1.82) is 0 Å². The maximum atomic E-state index is 13.5. The van der Waals surface area contributed by atoms with E-state index in [0.29, 0.717) is 6.54 Å². The lowest BCUT2D eigenvalue weighted by Crippen LogP contribution is -2.40. The summed E-state index contributed by atoms with van der Waals surface area (Å²) in [5, 5.41) is 10.2. The van der Waals surface area contributed by atoms with Crippen LogP contribution in [0.1, 0.15) is 11.1 Å². The van der Waals surface area contributed by atoms with Crippen LogP contribution in [0.4, 0.5) is 11.4 Å². The van der Waals surface area contributed by atoms with E-state index in [1.807, 2.05) is 60.7 Å². The Hall–Kier alpha value is -3.51. The standard InChI is InChI=1S/C25H26N2O4/c1-30-21-10-6-19(7-11-21)27(20-8-12-22(31-2)13-9-20)25(29)17-26-15-14-18-4-3-5-24(28)23(18)16-26/h3-13,28H,14-17H2,1-2H3. The van der Waals surface area contributed by atoms with Crippen molar-refractivity contribution in [3.8, 4) is 17.2 Å². The van der Waals surface area contributed by atoms with Crippen LogP contribution in [0.2, 0.25) is 0 Å². The molecule has 0 radical (unpaired) electrons. The molecule has 31 heavy (non-hydrogen) atoms. The molecule has 0 bridgehead atoms. The van der Waals surface area contributed by atoms with Crippen molar-refractivity contribution in [3.63, 3.8) is 0 Å². The van der Waals surface area contributed by atoms with E-state index in [1.54, 1.807) is 25.2 Å². The molecule has 1 aliphatic rings. The minimum Gasteiger partial charge on any atom is -0.508 e. The Bertz CT molecular complexity index is 1000. The van der Waals surface area contributed by atoms with Crippen molar-refractivity contribution < 1.29 is 19.4 Å². The van der Waals surface area contributed by atoms with E-state index < -0.39 is 0 Å². The van der Waals surface area contributed by atoms with Gasteiger partial charge in [0, 0.05) is 30.0 Å². The van der Waals surface area contributed by atoms with Gasteiger partial charge in [0.25, 0.3) is 0 Å². The van der Waals surface area contributed by atoms with Gasteiger partial charge in [-0.3, -0.25) is 14.6 Å². The number of aromatic hydroxyl groups is 1. The average Bonchev–Trinajstić information content (AvgIpc) is 2.81. The number of carbonyl (C=O) groups is 1. The third kappa shape index (κ3) is 4.49. The molecule has 1 heterocycles. The van der Waals surface area contributed by atoms with Gasteiger partial charge in [-0.25, -0.2) is 0 Å². The molecule has 1 aliphatic heterocycles. The number of ether oxygens (including phenoxy) is 2. The third-order valence-electron chi connectivity index (χ3n) is 5.60. The van der Waals surface area contributed by atoms with Crippen LogP contribution in [0.15, 0.2) is 66.7 Å². The molecule has 1 amide bonds. The van der Waals surface area contributed by atoms with Crippen LogP contribution >= 0.6 is 0 Å². The molecule has 3 aromatic carbocycles. The number of anilines is 2. The number of carbonyl (C=O) groups excluding carboxylic acids is 1. The molecule has 6 heteroatoms. The molecular weight excluding hydrogens is 392 g/mol. The Morgan fingerprint density at radius 2 is 1.52 bits per heavy atom. The molecule has 0 aromatic heterocycles. The Morgan fingerprint density at radius 3 is 2.06 bits per heavy atom. The minimum absolute atomic E-state index is 0.0470. The Balaban J connectivity index is 1.59. The highest BCUT2D eigenvalue weighted by molar-refractivity contribution is 6.01. The molecule has 160 valence electrons. The van der Waals surface area contributed by atoms with Gasteiger partial charge >= 0.3 is 0 Å². The van der Waals surface area contributed by atoms with Gasteiger partial charge < -0.3 is 14.6 Å². The predicted molar refractivity (Wildman–Crippen MR) is 120 cm³/mol. The van der Waals surface area contributed by atoms with Crippen molar-refractivity contribution >= 4 is 17.3 Å². The SMILES string of the molecule is COc1ccc(N(C(=O)CN2CCc3cccc(O)c3C2)c2ccc(OC)cc2)cc1. The van der Waals surface area contributed by atoms with Crippen molar-refractivity contribution in [2.24, 2.45) is 0 Å². The van der Waals surface area contributed by atoms with Crippen molar-refractivity contribution in [3.05, 3.63) is 77.9 Å². The number of benzene rings is 3. The zero-order chi connectivity index (χ0) is 21.8. The molecule has 1 N–H and O–H groups in total. The molecule has 0 saturated heterocycles. The Morgan fingerprint density at radius 1 is 0.935 bits per heavy atom. The molecule has 4 rings (SSSR count). The zero-order valence-corrected chi connectivity index (χ0v) is 17.7. The molecule has 3 aromatic rings. The van der Waals surface area contributed by atoms with Crippen molar-refractivity contribution in [2.75, 3.05) is 32.2 Å². The normalized spacial score (nSPS) is 13.4. The van der Waals surface area contributed by atoms with Gasteiger partial charge in [-0.05, 0) is 66.6 Å². The summed E-state index contributed by atoms with van der Waals surface area (Å²) in [5.41, 5.74) is 3.57. The second kappa shape index (κ2) is 9.10. The number of hydrogen-bond acceptors (Lipinski definition) is 5. The van der Waals surface area contributed by atoms with E-state index in [4.69, 9.17) is 9.47 Å². The van der Waals surface area contributed by atoms with Crippen molar-refractivity contribution in [2.45, 2.75) is 13.0 Å². The maximum Gasteiger partial charge on any atom is 0.245 e. The lowest BCUT2D eigenvalue weighted by molar-refractivity contribution is -0.119. The van der Waals surface area contributed by atoms with Gasteiger partial charge in [-0.2, -0.15) is 0 Å². The first-order valence-electron chi connectivity index (χ1n) is 10.2. The number of fused-ring (bicyclic) bond motifs is 1.